The molecule has 1 aliphatic heterocycles. The third-order valence-corrected chi connectivity index (χ3v) is 4.72. The minimum Gasteiger partial charge on any atom is -0.468 e. The Labute approximate surface area is 159 Å². The molecule has 0 amide bonds. The molecule has 0 saturated carbocycles. The first-order chi connectivity index (χ1) is 12.9. The van der Waals surface area contributed by atoms with Gasteiger partial charge in [0, 0.05) is 17.7 Å². The van der Waals surface area contributed by atoms with Gasteiger partial charge in [-0.1, -0.05) is 29.9 Å². The average molecular weight is 367 g/mol. The van der Waals surface area contributed by atoms with E-state index in [1.807, 2.05) is 24.3 Å². The maximum absolute atomic E-state index is 12.4. The summed E-state index contributed by atoms with van der Waals surface area (Å²) in [5, 5.41) is 0. The number of ether oxygens (including phenoxy) is 2. The minimum absolute atomic E-state index is 0.0615. The van der Waals surface area contributed by atoms with Gasteiger partial charge in [-0.15, -0.1) is 0 Å². The van der Waals surface area contributed by atoms with Crippen LogP contribution in [0.1, 0.15) is 41.9 Å². The molecule has 2 N–H and O–H groups in total. The van der Waals surface area contributed by atoms with Crippen molar-refractivity contribution in [3.05, 3.63) is 74.2 Å². The normalized spacial score (nSPS) is 18.9. The second-order valence-electron chi connectivity index (χ2n) is 6.90. The van der Waals surface area contributed by atoms with Crippen molar-refractivity contribution in [2.24, 2.45) is 0 Å². The van der Waals surface area contributed by atoms with Gasteiger partial charge in [0.2, 0.25) is 0 Å². The third kappa shape index (κ3) is 4.14. The third-order valence-electron chi connectivity index (χ3n) is 4.72. The average Bonchev–Trinajstić information content (AvgIpc) is 3.10. The van der Waals surface area contributed by atoms with Gasteiger partial charge in [0.1, 0.15) is 11.9 Å². The highest BCUT2D eigenvalue weighted by Gasteiger charge is 2.28. The summed E-state index contributed by atoms with van der Waals surface area (Å²) in [6.45, 7) is 6.03. The van der Waals surface area contributed by atoms with E-state index in [2.05, 4.69) is 19.1 Å². The van der Waals surface area contributed by atoms with Crippen molar-refractivity contribution in [2.75, 3.05) is 19.5 Å². The van der Waals surface area contributed by atoms with E-state index in [1.54, 1.807) is 13.8 Å². The summed E-state index contributed by atoms with van der Waals surface area (Å²) < 4.78 is 16.9. The Balaban J connectivity index is 1.81. The van der Waals surface area contributed by atoms with Crippen molar-refractivity contribution in [2.45, 2.75) is 33.3 Å². The Morgan fingerprint density at radius 1 is 1.22 bits per heavy atom. The number of anilines is 1. The molecule has 1 aliphatic rings. The van der Waals surface area contributed by atoms with Gasteiger partial charge in [0.05, 0.1) is 19.3 Å². The van der Waals surface area contributed by atoms with Gasteiger partial charge in [-0.2, -0.15) is 0 Å². The molecule has 2 aromatic rings. The molecule has 1 aromatic heterocycles. The quantitative estimate of drug-likeness (QED) is 0.814. The molecule has 1 aromatic carbocycles. The Morgan fingerprint density at radius 3 is 2.59 bits per heavy atom. The molecule has 0 aliphatic carbocycles. The van der Waals surface area contributed by atoms with Gasteiger partial charge < -0.3 is 19.6 Å². The Hall–Kier alpha value is -2.79. The lowest BCUT2D eigenvalue weighted by molar-refractivity contribution is 0.0880. The van der Waals surface area contributed by atoms with Crippen LogP contribution in [0.3, 0.4) is 0 Å². The van der Waals surface area contributed by atoms with E-state index in [1.165, 1.54) is 7.11 Å². The number of hydrogen-bond acceptors (Lipinski definition) is 5. The van der Waals surface area contributed by atoms with Crippen LogP contribution in [0.4, 0.5) is 5.69 Å². The summed E-state index contributed by atoms with van der Waals surface area (Å²) in [6.07, 6.45) is 4.63. The van der Waals surface area contributed by atoms with Gasteiger partial charge in [-0.25, -0.2) is 0 Å². The molecule has 5 heteroatoms. The van der Waals surface area contributed by atoms with Crippen LogP contribution in [0.2, 0.25) is 0 Å². The molecule has 0 radical (unpaired) electrons. The van der Waals surface area contributed by atoms with Gasteiger partial charge in [0.25, 0.3) is 5.95 Å². The second kappa shape index (κ2) is 7.84. The fraction of sp³-hybridized carbons (Fsp3) is 0.318. The van der Waals surface area contributed by atoms with Gasteiger partial charge >= 0.3 is 0 Å². The molecule has 0 unspecified atom stereocenters. The molecular weight excluding hydrogens is 342 g/mol. The van der Waals surface area contributed by atoms with Gasteiger partial charge in [-0.3, -0.25) is 4.79 Å². The van der Waals surface area contributed by atoms with Crippen molar-refractivity contribution < 1.29 is 13.9 Å². The highest BCUT2D eigenvalue weighted by molar-refractivity contribution is 5.58. The van der Waals surface area contributed by atoms with E-state index >= 15 is 0 Å². The second-order valence-corrected chi connectivity index (χ2v) is 6.90. The standard InChI is InChI=1S/C22H25NO4/c1-13(9-16-5-7-18(23)8-6-16)10-17-11-19(26-12-17)21-14(2)20(24)15(3)22(25-4)27-21/h5-10,19H,11-12,23H2,1-4H3/b13-9-,17-10-/t19-/m1/s1. The summed E-state index contributed by atoms with van der Waals surface area (Å²) >= 11 is 0. The van der Waals surface area contributed by atoms with Gasteiger partial charge in [0.15, 0.2) is 5.43 Å². The number of hydrogen-bond donors (Lipinski definition) is 1. The lowest BCUT2D eigenvalue weighted by Crippen LogP contribution is -2.15. The van der Waals surface area contributed by atoms with Crippen molar-refractivity contribution in [1.29, 1.82) is 0 Å². The summed E-state index contributed by atoms with van der Waals surface area (Å²) in [6, 6.07) is 7.75. The van der Waals surface area contributed by atoms with Gasteiger partial charge in [-0.05, 0) is 44.0 Å². The number of benzene rings is 1. The molecule has 5 nitrogen and oxygen atoms in total. The van der Waals surface area contributed by atoms with Crippen LogP contribution in [-0.2, 0) is 4.74 Å². The Bertz CT molecular complexity index is 952. The molecule has 1 saturated heterocycles. The SMILES string of the molecule is COc1oc([C@H]2C/C(=C/C(C)=C\c3ccc(N)cc3)CO2)c(C)c(=O)c1C. The molecule has 142 valence electrons. The monoisotopic (exact) mass is 367 g/mol. The molecule has 3 rings (SSSR count). The fourth-order valence-corrected chi connectivity index (χ4v) is 3.29. The van der Waals surface area contributed by atoms with E-state index in [-0.39, 0.29) is 17.5 Å². The van der Waals surface area contributed by atoms with E-state index in [4.69, 9.17) is 19.6 Å². The first kappa shape index (κ1) is 19.0. The molecule has 2 heterocycles. The molecule has 0 spiro atoms. The zero-order valence-corrected chi connectivity index (χ0v) is 16.2. The molecule has 1 atom stereocenters. The molecule has 27 heavy (non-hydrogen) atoms. The molecule has 1 fully saturated rings. The van der Waals surface area contributed by atoms with Crippen LogP contribution in [0, 0.1) is 13.8 Å². The van der Waals surface area contributed by atoms with Crippen LogP contribution >= 0.6 is 0 Å². The van der Waals surface area contributed by atoms with Crippen LogP contribution in [0.15, 0.2) is 50.7 Å². The zero-order chi connectivity index (χ0) is 19.6. The first-order valence-electron chi connectivity index (χ1n) is 8.92. The largest absolute Gasteiger partial charge is 0.468 e. The Kier molecular flexibility index (Phi) is 5.51. The summed E-state index contributed by atoms with van der Waals surface area (Å²) in [5.74, 6) is 0.798. The smallest absolute Gasteiger partial charge is 0.291 e. The minimum atomic E-state index is -0.275. The number of allylic oxidation sites excluding steroid dienone is 2. The highest BCUT2D eigenvalue weighted by atomic mass is 16.6. The van der Waals surface area contributed by atoms with Crippen LogP contribution in [-0.4, -0.2) is 13.7 Å². The van der Waals surface area contributed by atoms with Crippen molar-refractivity contribution in [1.82, 2.24) is 0 Å². The predicted octanol–water partition coefficient (Wildman–Crippen LogP) is 4.34. The summed E-state index contributed by atoms with van der Waals surface area (Å²) in [4.78, 5) is 12.4. The van der Waals surface area contributed by atoms with Crippen LogP contribution < -0.4 is 15.9 Å². The van der Waals surface area contributed by atoms with Crippen molar-refractivity contribution >= 4 is 11.8 Å². The fourth-order valence-electron chi connectivity index (χ4n) is 3.29. The summed E-state index contributed by atoms with van der Waals surface area (Å²) in [5.41, 5.74) is 10.8. The first-order valence-corrected chi connectivity index (χ1v) is 8.92. The zero-order valence-electron chi connectivity index (χ0n) is 16.2. The lowest BCUT2D eigenvalue weighted by Gasteiger charge is -2.13. The topological polar surface area (TPSA) is 74.7 Å². The van der Waals surface area contributed by atoms with Crippen LogP contribution in [0.25, 0.3) is 6.08 Å². The van der Waals surface area contributed by atoms with E-state index in [9.17, 15) is 4.79 Å². The molecular formula is C22H25NO4. The summed E-state index contributed by atoms with van der Waals surface area (Å²) in [7, 11) is 1.50. The van der Waals surface area contributed by atoms with Crippen molar-refractivity contribution in [3.8, 4) is 5.95 Å². The molecule has 0 bridgehead atoms. The maximum Gasteiger partial charge on any atom is 0.291 e. The number of nitrogens with two attached hydrogens (primary N) is 1. The van der Waals surface area contributed by atoms with Crippen LogP contribution in [0.5, 0.6) is 5.95 Å². The van der Waals surface area contributed by atoms with Crippen molar-refractivity contribution in [3.63, 3.8) is 0 Å². The number of nitrogen functional groups attached to an aromatic ring is 1. The lowest BCUT2D eigenvalue weighted by atomic mass is 10.0. The number of rotatable bonds is 4. The predicted molar refractivity (Wildman–Crippen MR) is 107 cm³/mol. The maximum atomic E-state index is 12.4. The van der Waals surface area contributed by atoms with E-state index < -0.39 is 0 Å². The highest BCUT2D eigenvalue weighted by Crippen LogP contribution is 2.35. The van der Waals surface area contributed by atoms with E-state index in [0.29, 0.717) is 29.9 Å². The van der Waals surface area contributed by atoms with E-state index in [0.717, 1.165) is 22.4 Å². The number of methoxy groups -OCH3 is 1. The Morgan fingerprint density at radius 2 is 1.93 bits per heavy atom.